The standard InChI is InChI=1S/C16H17N3O2S2/c20-15(14-4-3-13(23-14)12-2-1-8-21-12)17-6-5-11-10-19-7-9-22-16(19)18-11/h3-4,7,9-10,12H,1-2,5-6,8H2,(H,17,20)/t12-/m0/s1. The van der Waals surface area contributed by atoms with Gasteiger partial charge in [0.25, 0.3) is 5.91 Å². The number of nitrogens with one attached hydrogen (secondary N) is 1. The molecule has 7 heteroatoms. The first-order valence-corrected chi connectivity index (χ1v) is 9.40. The van der Waals surface area contributed by atoms with E-state index in [0.717, 1.165) is 46.3 Å². The van der Waals surface area contributed by atoms with Crippen LogP contribution in [-0.2, 0) is 11.2 Å². The summed E-state index contributed by atoms with van der Waals surface area (Å²) in [4.78, 5) is 19.6. The number of carbonyl (C=O) groups excluding carboxylic acids is 1. The summed E-state index contributed by atoms with van der Waals surface area (Å²) in [5.74, 6) is -0.0136. The molecule has 3 aromatic heterocycles. The largest absolute Gasteiger partial charge is 0.373 e. The first-order valence-electron chi connectivity index (χ1n) is 7.70. The molecule has 0 aromatic carbocycles. The predicted octanol–water partition coefficient (Wildman–Crippen LogP) is 3.28. The molecule has 0 unspecified atom stereocenters. The first-order chi connectivity index (χ1) is 11.3. The molecule has 23 heavy (non-hydrogen) atoms. The van der Waals surface area contributed by atoms with E-state index < -0.39 is 0 Å². The molecule has 0 bridgehead atoms. The van der Waals surface area contributed by atoms with Crippen molar-refractivity contribution in [1.82, 2.24) is 14.7 Å². The second kappa shape index (κ2) is 6.43. The van der Waals surface area contributed by atoms with Crippen molar-refractivity contribution in [2.45, 2.75) is 25.4 Å². The van der Waals surface area contributed by atoms with Gasteiger partial charge in [0.1, 0.15) is 0 Å². The molecule has 1 fully saturated rings. The molecule has 1 aliphatic heterocycles. The smallest absolute Gasteiger partial charge is 0.261 e. The van der Waals surface area contributed by atoms with Crippen LogP contribution in [0.2, 0.25) is 0 Å². The second-order valence-corrected chi connectivity index (χ2v) is 7.52. The molecule has 4 rings (SSSR count). The third-order valence-electron chi connectivity index (χ3n) is 3.91. The minimum atomic E-state index is -0.0136. The molecule has 1 aliphatic rings. The van der Waals surface area contributed by atoms with Gasteiger partial charge in [-0.05, 0) is 25.0 Å². The maximum atomic E-state index is 12.2. The number of carbonyl (C=O) groups is 1. The van der Waals surface area contributed by atoms with Crippen LogP contribution in [-0.4, -0.2) is 28.4 Å². The summed E-state index contributed by atoms with van der Waals surface area (Å²) in [6.07, 6.45) is 7.08. The van der Waals surface area contributed by atoms with Crippen LogP contribution in [0, 0.1) is 0 Å². The van der Waals surface area contributed by atoms with Crippen molar-refractivity contribution in [3.05, 3.63) is 45.4 Å². The number of hydrogen-bond donors (Lipinski definition) is 1. The van der Waals surface area contributed by atoms with Crippen LogP contribution in [0.5, 0.6) is 0 Å². The highest BCUT2D eigenvalue weighted by Gasteiger charge is 2.20. The molecular weight excluding hydrogens is 330 g/mol. The van der Waals surface area contributed by atoms with Crippen molar-refractivity contribution < 1.29 is 9.53 Å². The average molecular weight is 347 g/mol. The SMILES string of the molecule is O=C(NCCc1cn2ccsc2n1)c1ccc([C@@H]2CCCO2)s1. The molecule has 1 amide bonds. The summed E-state index contributed by atoms with van der Waals surface area (Å²) in [7, 11) is 0. The van der Waals surface area contributed by atoms with Crippen molar-refractivity contribution in [3.63, 3.8) is 0 Å². The zero-order valence-corrected chi connectivity index (χ0v) is 14.2. The van der Waals surface area contributed by atoms with Gasteiger partial charge in [0.15, 0.2) is 4.96 Å². The van der Waals surface area contributed by atoms with Gasteiger partial charge >= 0.3 is 0 Å². The average Bonchev–Trinajstić information content (AvgIpc) is 3.29. The second-order valence-electron chi connectivity index (χ2n) is 5.53. The Morgan fingerprint density at radius 1 is 1.48 bits per heavy atom. The number of hydrogen-bond acceptors (Lipinski definition) is 5. The fraction of sp³-hybridized carbons (Fsp3) is 0.375. The molecule has 1 N–H and O–H groups in total. The molecule has 0 saturated carbocycles. The van der Waals surface area contributed by atoms with E-state index in [2.05, 4.69) is 10.3 Å². The van der Waals surface area contributed by atoms with Crippen LogP contribution in [0.4, 0.5) is 0 Å². The van der Waals surface area contributed by atoms with E-state index in [1.807, 2.05) is 34.3 Å². The minimum absolute atomic E-state index is 0.0136. The van der Waals surface area contributed by atoms with Gasteiger partial charge in [0.05, 0.1) is 16.7 Å². The third-order valence-corrected chi connectivity index (χ3v) is 5.85. The van der Waals surface area contributed by atoms with Crippen LogP contribution in [0.1, 0.15) is 39.2 Å². The van der Waals surface area contributed by atoms with Gasteiger partial charge in [-0.25, -0.2) is 4.98 Å². The Kier molecular flexibility index (Phi) is 4.15. The summed E-state index contributed by atoms with van der Waals surface area (Å²) in [5, 5.41) is 4.98. The number of thiazole rings is 1. The minimum Gasteiger partial charge on any atom is -0.373 e. The number of fused-ring (bicyclic) bond motifs is 1. The Bertz CT molecular complexity index is 786. The summed E-state index contributed by atoms with van der Waals surface area (Å²) in [6, 6.07) is 3.91. The van der Waals surface area contributed by atoms with Crippen LogP contribution in [0.3, 0.4) is 0 Å². The van der Waals surface area contributed by atoms with Crippen molar-refractivity contribution in [2.75, 3.05) is 13.2 Å². The summed E-state index contributed by atoms with van der Waals surface area (Å²) < 4.78 is 7.67. The van der Waals surface area contributed by atoms with Crippen molar-refractivity contribution in [1.29, 1.82) is 0 Å². The zero-order valence-electron chi connectivity index (χ0n) is 12.5. The van der Waals surface area contributed by atoms with Crippen LogP contribution < -0.4 is 5.32 Å². The number of imidazole rings is 1. The number of ether oxygens (including phenoxy) is 1. The molecule has 0 aliphatic carbocycles. The van der Waals surface area contributed by atoms with Gasteiger partial charge < -0.3 is 10.1 Å². The Hall–Kier alpha value is -1.70. The molecule has 0 spiro atoms. The van der Waals surface area contributed by atoms with Gasteiger partial charge in [0, 0.05) is 42.2 Å². The van der Waals surface area contributed by atoms with E-state index in [9.17, 15) is 4.79 Å². The third kappa shape index (κ3) is 3.17. The zero-order chi connectivity index (χ0) is 15.6. The molecule has 0 radical (unpaired) electrons. The van der Waals surface area contributed by atoms with Crippen LogP contribution in [0.25, 0.3) is 4.96 Å². The fourth-order valence-electron chi connectivity index (χ4n) is 2.74. The lowest BCUT2D eigenvalue weighted by Gasteiger charge is -2.05. The quantitative estimate of drug-likeness (QED) is 0.770. The van der Waals surface area contributed by atoms with Gasteiger partial charge in [-0.1, -0.05) is 0 Å². The number of aromatic nitrogens is 2. The Morgan fingerprint density at radius 2 is 2.43 bits per heavy atom. The monoisotopic (exact) mass is 347 g/mol. The Labute approximate surface area is 141 Å². The number of amides is 1. The number of rotatable bonds is 5. The van der Waals surface area contributed by atoms with Crippen molar-refractivity contribution >= 4 is 33.5 Å². The Morgan fingerprint density at radius 3 is 3.26 bits per heavy atom. The molecule has 1 saturated heterocycles. The van der Waals surface area contributed by atoms with Gasteiger partial charge in [-0.15, -0.1) is 22.7 Å². The molecule has 120 valence electrons. The summed E-state index contributed by atoms with van der Waals surface area (Å²) in [6.45, 7) is 1.42. The highest BCUT2D eigenvalue weighted by molar-refractivity contribution is 7.15. The fourth-order valence-corrected chi connectivity index (χ4v) is 4.46. The van der Waals surface area contributed by atoms with E-state index >= 15 is 0 Å². The lowest BCUT2D eigenvalue weighted by Crippen LogP contribution is -2.24. The highest BCUT2D eigenvalue weighted by Crippen LogP contribution is 2.33. The molecule has 3 aromatic rings. The topological polar surface area (TPSA) is 55.6 Å². The lowest BCUT2D eigenvalue weighted by atomic mass is 10.2. The van der Waals surface area contributed by atoms with Crippen molar-refractivity contribution in [3.8, 4) is 0 Å². The van der Waals surface area contributed by atoms with Crippen LogP contribution >= 0.6 is 22.7 Å². The predicted molar refractivity (Wildman–Crippen MR) is 91.4 cm³/mol. The maximum absolute atomic E-state index is 12.2. The Balaban J connectivity index is 1.32. The van der Waals surface area contributed by atoms with E-state index in [0.29, 0.717) is 6.54 Å². The van der Waals surface area contributed by atoms with E-state index in [-0.39, 0.29) is 12.0 Å². The number of nitrogens with zero attached hydrogens (tertiary/aromatic N) is 2. The summed E-state index contributed by atoms with van der Waals surface area (Å²) >= 11 is 3.15. The molecule has 1 atom stereocenters. The normalized spacial score (nSPS) is 17.8. The van der Waals surface area contributed by atoms with E-state index in [1.165, 1.54) is 11.3 Å². The molecule has 4 heterocycles. The van der Waals surface area contributed by atoms with E-state index in [1.54, 1.807) is 11.3 Å². The maximum Gasteiger partial charge on any atom is 0.261 e. The molecular formula is C16H17N3O2S2. The summed E-state index contributed by atoms with van der Waals surface area (Å²) in [5.41, 5.74) is 1.00. The highest BCUT2D eigenvalue weighted by atomic mass is 32.1. The van der Waals surface area contributed by atoms with Gasteiger partial charge in [-0.2, -0.15) is 0 Å². The van der Waals surface area contributed by atoms with Crippen LogP contribution in [0.15, 0.2) is 29.9 Å². The molecule has 5 nitrogen and oxygen atoms in total. The van der Waals surface area contributed by atoms with E-state index in [4.69, 9.17) is 4.74 Å². The van der Waals surface area contributed by atoms with Gasteiger partial charge in [0.2, 0.25) is 0 Å². The van der Waals surface area contributed by atoms with Gasteiger partial charge in [-0.3, -0.25) is 9.20 Å². The first kappa shape index (κ1) is 14.9. The number of thiophene rings is 1. The lowest BCUT2D eigenvalue weighted by molar-refractivity contribution is 0.0958. The van der Waals surface area contributed by atoms with Crippen molar-refractivity contribution in [2.24, 2.45) is 0 Å².